The van der Waals surface area contributed by atoms with Crippen LogP contribution in [0.25, 0.3) is 124 Å². The number of benzene rings is 8. The van der Waals surface area contributed by atoms with Gasteiger partial charge in [-0.15, -0.1) is 0 Å². The Morgan fingerprint density at radius 1 is 0.372 bits per heavy atom. The summed E-state index contributed by atoms with van der Waals surface area (Å²) in [5, 5.41) is 6.27. The number of para-hydroxylation sites is 3. The van der Waals surface area contributed by atoms with Gasteiger partial charge in [-0.25, -0.2) is 0 Å². The third kappa shape index (κ3) is 7.93. The average molecular weight is 1000 g/mol. The minimum absolute atomic E-state index is 1.03. The highest BCUT2D eigenvalue weighted by Gasteiger charge is 2.23. The first-order chi connectivity index (χ1) is 38.6. The van der Waals surface area contributed by atoms with E-state index in [1.165, 1.54) is 118 Å². The smallest absolute Gasteiger partial charge is 0.0631 e. The van der Waals surface area contributed by atoms with Crippen LogP contribution in [0.3, 0.4) is 0 Å². The van der Waals surface area contributed by atoms with Crippen LogP contribution in [0.2, 0.25) is 0 Å². The highest BCUT2D eigenvalue weighted by molar-refractivity contribution is 6.11. The van der Waals surface area contributed by atoms with Crippen LogP contribution in [0, 0.1) is 0 Å². The molecule has 0 spiro atoms. The third-order valence-electron chi connectivity index (χ3n) is 16.1. The van der Waals surface area contributed by atoms with Crippen LogP contribution in [0.15, 0.2) is 230 Å². The van der Waals surface area contributed by atoms with Gasteiger partial charge in [0.05, 0.1) is 33.3 Å². The van der Waals surface area contributed by atoms with Crippen LogP contribution < -0.4 is 0 Å². The molecule has 0 radical (unpaired) electrons. The molecule has 3 aliphatic rings. The molecule has 15 rings (SSSR count). The molecule has 4 heteroatoms. The molecule has 78 heavy (non-hydrogen) atoms. The quantitative estimate of drug-likeness (QED) is 0.0780. The molecule has 0 saturated carbocycles. The standard InChI is InChI=1S/C66H44N4.C8H14/c1-3-16-47(17-4-1)67-59-26-11-7-22-51(59)55-38-43(30-34-63(55)67)45-32-36-65-57(40-45)53-24-9-13-28-61(53)69(65)49-20-15-21-50(42-49)70-62-29-14-10-25-54(62)58-41-46(33-37-66(58)70)44-31-35-64-56(39-44)52-23-8-12-27-60(52)68(64)48-18-5-2-6-19-48;1-3-5-7-8-6-4-2/h1-9,13,15-25,28-42H,11-12,26-27H2;3-6H,7-8H2,1-2H3/b;5-3-,6-4-. The molecule has 3 aliphatic carbocycles. The van der Waals surface area contributed by atoms with Crippen LogP contribution in [0.5, 0.6) is 0 Å². The van der Waals surface area contributed by atoms with Gasteiger partial charge >= 0.3 is 0 Å². The van der Waals surface area contributed by atoms with Gasteiger partial charge in [-0.2, -0.15) is 0 Å². The molecule has 0 fully saturated rings. The van der Waals surface area contributed by atoms with E-state index in [1.54, 1.807) is 0 Å². The molecule has 0 aliphatic heterocycles. The number of fused-ring (bicyclic) bond motifs is 12. The zero-order chi connectivity index (χ0) is 52.1. The van der Waals surface area contributed by atoms with E-state index in [0.717, 1.165) is 53.8 Å². The molecule has 4 nitrogen and oxygen atoms in total. The minimum atomic E-state index is 1.03. The summed E-state index contributed by atoms with van der Waals surface area (Å²) in [5.74, 6) is 0. The fourth-order valence-electron chi connectivity index (χ4n) is 12.6. The van der Waals surface area contributed by atoms with E-state index in [-0.39, 0.29) is 0 Å². The summed E-state index contributed by atoms with van der Waals surface area (Å²) in [6.45, 7) is 4.10. The maximum Gasteiger partial charge on any atom is 0.0631 e. The Bertz CT molecular complexity index is 4570. The van der Waals surface area contributed by atoms with Gasteiger partial charge in [0, 0.05) is 83.8 Å². The number of hydrogen-bond acceptors (Lipinski definition) is 0. The van der Waals surface area contributed by atoms with Crippen molar-refractivity contribution in [2.75, 3.05) is 0 Å². The van der Waals surface area contributed by atoms with E-state index in [2.05, 4.69) is 286 Å². The summed E-state index contributed by atoms with van der Waals surface area (Å²) in [4.78, 5) is 0. The van der Waals surface area contributed by atoms with Gasteiger partial charge in [0.2, 0.25) is 0 Å². The van der Waals surface area contributed by atoms with Gasteiger partial charge in [0.25, 0.3) is 0 Å². The van der Waals surface area contributed by atoms with E-state index in [0.29, 0.717) is 0 Å². The van der Waals surface area contributed by atoms with E-state index in [9.17, 15) is 0 Å². The molecule has 0 N–H and O–H groups in total. The van der Waals surface area contributed by atoms with Crippen molar-refractivity contribution in [2.45, 2.75) is 52.4 Å². The van der Waals surface area contributed by atoms with Crippen molar-refractivity contribution in [3.05, 3.63) is 264 Å². The van der Waals surface area contributed by atoms with Gasteiger partial charge in [-0.3, -0.25) is 0 Å². The zero-order valence-electron chi connectivity index (χ0n) is 44.1. The lowest BCUT2D eigenvalue weighted by Gasteiger charge is -2.14. The Balaban J connectivity index is 0.000000643. The SMILES string of the molecule is C/C=C\CC/C=C\C.C1=C=Cc2c(c3cc(-c4ccc5c(c4)c4c(n5-c5ccccc5)CCC=C4)ccc3n2-c2cccc(-n3c4ccccc4c4cc(-c5ccc6c(c5)c5c(n6-c6ccccc6)CCC=C5)ccc43)c2)C=1. The molecule has 0 saturated heterocycles. The fourth-order valence-corrected chi connectivity index (χ4v) is 12.6. The third-order valence-corrected chi connectivity index (χ3v) is 16.1. The lowest BCUT2D eigenvalue weighted by molar-refractivity contribution is 0.888. The topological polar surface area (TPSA) is 19.7 Å². The molecule has 0 amide bonds. The molecule has 4 aromatic heterocycles. The van der Waals surface area contributed by atoms with Gasteiger partial charge in [0.1, 0.15) is 0 Å². The average Bonchev–Trinajstić information content (AvgIpc) is 4.30. The van der Waals surface area contributed by atoms with E-state index in [1.807, 2.05) is 0 Å². The first-order valence-corrected chi connectivity index (χ1v) is 27.7. The molecule has 374 valence electrons. The maximum absolute atomic E-state index is 3.30. The van der Waals surface area contributed by atoms with Crippen LogP contribution in [-0.2, 0) is 12.8 Å². The van der Waals surface area contributed by atoms with Gasteiger partial charge < -0.3 is 18.3 Å². The zero-order valence-corrected chi connectivity index (χ0v) is 44.1. The normalized spacial score (nSPS) is 13.4. The minimum Gasteiger partial charge on any atom is -0.313 e. The fraction of sp³-hybridized carbons (Fsp3) is 0.108. The van der Waals surface area contributed by atoms with Crippen LogP contribution in [0.4, 0.5) is 0 Å². The Morgan fingerprint density at radius 3 is 1.36 bits per heavy atom. The van der Waals surface area contributed by atoms with Crippen molar-refractivity contribution in [3.8, 4) is 45.0 Å². The molecule has 0 unspecified atom stereocenters. The predicted octanol–water partition coefficient (Wildman–Crippen LogP) is 19.6. The van der Waals surface area contributed by atoms with Crippen LogP contribution >= 0.6 is 0 Å². The number of nitrogens with zero attached hydrogens (tertiary/aromatic N) is 4. The van der Waals surface area contributed by atoms with Crippen molar-refractivity contribution in [3.63, 3.8) is 0 Å². The summed E-state index contributed by atoms with van der Waals surface area (Å²) in [7, 11) is 0. The van der Waals surface area contributed by atoms with Gasteiger partial charge in [0.15, 0.2) is 0 Å². The largest absolute Gasteiger partial charge is 0.313 e. The summed E-state index contributed by atoms with van der Waals surface area (Å²) >= 11 is 0. The van der Waals surface area contributed by atoms with Crippen LogP contribution in [0.1, 0.15) is 73.3 Å². The van der Waals surface area contributed by atoms with E-state index in [4.69, 9.17) is 0 Å². The predicted molar refractivity (Wildman–Crippen MR) is 332 cm³/mol. The van der Waals surface area contributed by atoms with Crippen molar-refractivity contribution in [1.82, 2.24) is 18.3 Å². The molecular weight excluding hydrogens is 945 g/mol. The summed E-state index contributed by atoms with van der Waals surface area (Å²) in [6, 6.07) is 67.5. The highest BCUT2D eigenvalue weighted by Crippen LogP contribution is 2.42. The molecule has 12 aromatic rings. The summed E-state index contributed by atoms with van der Waals surface area (Å²) < 4.78 is 9.75. The first kappa shape index (κ1) is 46.9. The van der Waals surface area contributed by atoms with Crippen molar-refractivity contribution in [2.24, 2.45) is 0 Å². The summed E-state index contributed by atoms with van der Waals surface area (Å²) in [5.41, 5.74) is 29.8. The highest BCUT2D eigenvalue weighted by atomic mass is 15.0. The van der Waals surface area contributed by atoms with Gasteiger partial charge in [-0.1, -0.05) is 145 Å². The van der Waals surface area contributed by atoms with E-state index < -0.39 is 0 Å². The second kappa shape index (κ2) is 19.9. The van der Waals surface area contributed by atoms with E-state index >= 15 is 0 Å². The Morgan fingerprint density at radius 2 is 0.808 bits per heavy atom. The second-order valence-corrected chi connectivity index (χ2v) is 20.7. The number of rotatable bonds is 9. The van der Waals surface area contributed by atoms with Crippen LogP contribution in [-0.4, -0.2) is 18.3 Å². The lowest BCUT2D eigenvalue weighted by Crippen LogP contribution is -2.02. The summed E-state index contributed by atoms with van der Waals surface area (Å²) in [6.07, 6.45) is 28.6. The second-order valence-electron chi connectivity index (χ2n) is 20.7. The lowest BCUT2D eigenvalue weighted by atomic mass is 9.97. The molecule has 0 atom stereocenters. The monoisotopic (exact) mass is 1000 g/mol. The number of allylic oxidation sites excluding steroid dienone is 6. The Kier molecular flexibility index (Phi) is 11.9. The first-order valence-electron chi connectivity index (χ1n) is 27.7. The molecule has 0 bridgehead atoms. The Hall–Kier alpha value is -9.56. The maximum atomic E-state index is 3.30. The number of hydrogen-bond donors (Lipinski definition) is 0. The van der Waals surface area contributed by atoms with Crippen molar-refractivity contribution in [1.29, 1.82) is 0 Å². The Labute approximate surface area is 455 Å². The molecule has 8 aromatic carbocycles. The molecule has 4 heterocycles. The van der Waals surface area contributed by atoms with Crippen molar-refractivity contribution < 1.29 is 0 Å². The van der Waals surface area contributed by atoms with Crippen molar-refractivity contribution >= 4 is 78.8 Å². The van der Waals surface area contributed by atoms with Gasteiger partial charge in [-0.05, 0) is 178 Å². The molecular formula is C74H58N4. The number of unbranched alkanes of at least 4 members (excludes halogenated alkanes) is 1. The number of aromatic nitrogens is 4.